The van der Waals surface area contributed by atoms with Crippen molar-refractivity contribution in [2.24, 2.45) is 0 Å². The molecule has 1 nitrogen and oxygen atoms in total. The lowest BCUT2D eigenvalue weighted by atomic mass is 10.2. The van der Waals surface area contributed by atoms with Crippen LogP contribution in [0.3, 0.4) is 0 Å². The normalized spacial score (nSPS) is 13.5. The van der Waals surface area contributed by atoms with Gasteiger partial charge in [0.25, 0.3) is 0 Å². The van der Waals surface area contributed by atoms with E-state index in [-0.39, 0.29) is 6.10 Å². The molecular formula is C8H12OS. The molecule has 1 rings (SSSR count). The molecule has 56 valence electrons. The number of thiophene rings is 1. The molecule has 1 aromatic rings. The van der Waals surface area contributed by atoms with E-state index < -0.39 is 0 Å². The van der Waals surface area contributed by atoms with Crippen molar-refractivity contribution in [3.05, 3.63) is 21.9 Å². The maximum Gasteiger partial charge on any atom is 0.0560 e. The summed E-state index contributed by atoms with van der Waals surface area (Å²) in [5, 5.41) is 11.1. The van der Waals surface area contributed by atoms with Gasteiger partial charge in [0.1, 0.15) is 0 Å². The summed E-state index contributed by atoms with van der Waals surface area (Å²) in [6, 6.07) is 2.12. The Labute approximate surface area is 65.3 Å². The minimum absolute atomic E-state index is 0.210. The summed E-state index contributed by atoms with van der Waals surface area (Å²) in [4.78, 5) is 1.27. The molecule has 0 fully saturated rings. The first-order valence-electron chi connectivity index (χ1n) is 3.40. The van der Waals surface area contributed by atoms with Crippen molar-refractivity contribution >= 4 is 11.3 Å². The second-order valence-corrected chi connectivity index (χ2v) is 3.64. The van der Waals surface area contributed by atoms with Crippen LogP contribution in [0.5, 0.6) is 0 Å². The zero-order valence-electron chi connectivity index (χ0n) is 6.29. The van der Waals surface area contributed by atoms with Gasteiger partial charge in [0.05, 0.1) is 6.10 Å². The summed E-state index contributed by atoms with van der Waals surface area (Å²) in [6.07, 6.45) is 0.580. The van der Waals surface area contributed by atoms with Crippen molar-refractivity contribution < 1.29 is 5.11 Å². The van der Waals surface area contributed by atoms with Crippen LogP contribution in [0.4, 0.5) is 0 Å². The highest BCUT2D eigenvalue weighted by Gasteiger charge is 1.99. The van der Waals surface area contributed by atoms with Crippen LogP contribution >= 0.6 is 11.3 Å². The van der Waals surface area contributed by atoms with Gasteiger partial charge in [-0.05, 0) is 30.9 Å². The van der Waals surface area contributed by atoms with E-state index in [0.29, 0.717) is 0 Å². The fourth-order valence-corrected chi connectivity index (χ4v) is 1.89. The second-order valence-electron chi connectivity index (χ2n) is 2.64. The number of aryl methyl sites for hydroxylation is 1. The first-order chi connectivity index (χ1) is 4.68. The van der Waals surface area contributed by atoms with Crippen LogP contribution in [0.2, 0.25) is 0 Å². The van der Waals surface area contributed by atoms with Gasteiger partial charge in [-0.2, -0.15) is 0 Å². The highest BCUT2D eigenvalue weighted by molar-refractivity contribution is 7.10. The van der Waals surface area contributed by atoms with E-state index >= 15 is 0 Å². The predicted molar refractivity (Wildman–Crippen MR) is 44.4 cm³/mol. The van der Waals surface area contributed by atoms with Crippen LogP contribution in [0.15, 0.2) is 11.4 Å². The third-order valence-corrected chi connectivity index (χ3v) is 2.36. The Morgan fingerprint density at radius 2 is 2.40 bits per heavy atom. The number of hydrogen-bond acceptors (Lipinski definition) is 2. The number of rotatable bonds is 2. The van der Waals surface area contributed by atoms with Crippen LogP contribution in [-0.2, 0) is 6.42 Å². The first-order valence-corrected chi connectivity index (χ1v) is 4.28. The van der Waals surface area contributed by atoms with Gasteiger partial charge >= 0.3 is 0 Å². The number of aliphatic hydroxyl groups excluding tert-OH is 1. The van der Waals surface area contributed by atoms with Gasteiger partial charge in [0.15, 0.2) is 0 Å². The SMILES string of the molecule is Cc1csc(CC(C)O)c1. The second kappa shape index (κ2) is 3.17. The molecule has 0 aliphatic heterocycles. The van der Waals surface area contributed by atoms with Crippen molar-refractivity contribution in [2.45, 2.75) is 26.4 Å². The minimum atomic E-state index is -0.210. The first kappa shape index (κ1) is 7.76. The Kier molecular flexibility index (Phi) is 2.46. The van der Waals surface area contributed by atoms with E-state index in [0.717, 1.165) is 6.42 Å². The topological polar surface area (TPSA) is 20.2 Å². The van der Waals surface area contributed by atoms with E-state index in [9.17, 15) is 0 Å². The van der Waals surface area contributed by atoms with Crippen molar-refractivity contribution in [2.75, 3.05) is 0 Å². The van der Waals surface area contributed by atoms with Crippen molar-refractivity contribution in [1.29, 1.82) is 0 Å². The van der Waals surface area contributed by atoms with Gasteiger partial charge in [-0.15, -0.1) is 11.3 Å². The summed E-state index contributed by atoms with van der Waals surface area (Å²) in [5.74, 6) is 0. The van der Waals surface area contributed by atoms with Crippen LogP contribution in [0.25, 0.3) is 0 Å². The Bertz CT molecular complexity index is 203. The highest BCUT2D eigenvalue weighted by Crippen LogP contribution is 2.15. The van der Waals surface area contributed by atoms with E-state index in [2.05, 4.69) is 18.4 Å². The number of hydrogen-bond donors (Lipinski definition) is 1. The third-order valence-electron chi connectivity index (χ3n) is 1.28. The molecule has 2 heteroatoms. The maximum absolute atomic E-state index is 9.02. The fourth-order valence-electron chi connectivity index (χ4n) is 0.889. The van der Waals surface area contributed by atoms with Gasteiger partial charge < -0.3 is 5.11 Å². The van der Waals surface area contributed by atoms with Crippen LogP contribution in [0.1, 0.15) is 17.4 Å². The van der Waals surface area contributed by atoms with Crippen LogP contribution in [-0.4, -0.2) is 11.2 Å². The average molecular weight is 156 g/mol. The predicted octanol–water partition coefficient (Wildman–Crippen LogP) is 1.98. The smallest absolute Gasteiger partial charge is 0.0560 e. The maximum atomic E-state index is 9.02. The largest absolute Gasteiger partial charge is 0.393 e. The standard InChI is InChI=1S/C8H12OS/c1-6-3-8(10-5-6)4-7(2)9/h3,5,7,9H,4H2,1-2H3. The molecule has 0 aliphatic carbocycles. The van der Waals surface area contributed by atoms with Gasteiger partial charge in [0, 0.05) is 11.3 Å². The van der Waals surface area contributed by atoms with Crippen molar-refractivity contribution in [3.8, 4) is 0 Å². The molecule has 0 aliphatic rings. The van der Waals surface area contributed by atoms with Crippen LogP contribution < -0.4 is 0 Å². The number of aliphatic hydroxyl groups is 1. The summed E-state index contributed by atoms with van der Waals surface area (Å²) in [5.41, 5.74) is 1.29. The molecule has 0 aromatic carbocycles. The lowest BCUT2D eigenvalue weighted by Crippen LogP contribution is -2.01. The van der Waals surface area contributed by atoms with Gasteiger partial charge in [-0.1, -0.05) is 0 Å². The van der Waals surface area contributed by atoms with Gasteiger partial charge in [0.2, 0.25) is 0 Å². The molecular weight excluding hydrogens is 144 g/mol. The Morgan fingerprint density at radius 1 is 1.70 bits per heavy atom. The summed E-state index contributed by atoms with van der Waals surface area (Å²) < 4.78 is 0. The lowest BCUT2D eigenvalue weighted by molar-refractivity contribution is 0.196. The monoisotopic (exact) mass is 156 g/mol. The van der Waals surface area contributed by atoms with E-state index in [1.54, 1.807) is 11.3 Å². The summed E-state index contributed by atoms with van der Waals surface area (Å²) >= 11 is 1.72. The molecule has 1 aromatic heterocycles. The zero-order valence-corrected chi connectivity index (χ0v) is 7.11. The molecule has 1 unspecified atom stereocenters. The molecule has 0 bridgehead atoms. The molecule has 1 heterocycles. The molecule has 0 saturated heterocycles. The molecule has 10 heavy (non-hydrogen) atoms. The molecule has 0 radical (unpaired) electrons. The summed E-state index contributed by atoms with van der Waals surface area (Å²) in [7, 11) is 0. The van der Waals surface area contributed by atoms with Crippen LogP contribution in [0, 0.1) is 6.92 Å². The Balaban J connectivity index is 2.58. The Hall–Kier alpha value is -0.340. The quantitative estimate of drug-likeness (QED) is 0.694. The molecule has 1 N–H and O–H groups in total. The minimum Gasteiger partial charge on any atom is -0.393 e. The zero-order chi connectivity index (χ0) is 7.56. The Morgan fingerprint density at radius 3 is 2.80 bits per heavy atom. The molecule has 1 atom stereocenters. The summed E-state index contributed by atoms with van der Waals surface area (Å²) in [6.45, 7) is 3.89. The third kappa shape index (κ3) is 2.12. The molecule has 0 saturated carbocycles. The van der Waals surface area contributed by atoms with Gasteiger partial charge in [-0.3, -0.25) is 0 Å². The van der Waals surface area contributed by atoms with Crippen molar-refractivity contribution in [1.82, 2.24) is 0 Å². The van der Waals surface area contributed by atoms with E-state index in [4.69, 9.17) is 5.11 Å². The van der Waals surface area contributed by atoms with E-state index in [1.807, 2.05) is 6.92 Å². The fraction of sp³-hybridized carbons (Fsp3) is 0.500. The molecule has 0 amide bonds. The molecule has 0 spiro atoms. The highest BCUT2D eigenvalue weighted by atomic mass is 32.1. The van der Waals surface area contributed by atoms with Gasteiger partial charge in [-0.25, -0.2) is 0 Å². The lowest BCUT2D eigenvalue weighted by Gasteiger charge is -1.98. The van der Waals surface area contributed by atoms with E-state index in [1.165, 1.54) is 10.4 Å². The van der Waals surface area contributed by atoms with Crippen molar-refractivity contribution in [3.63, 3.8) is 0 Å². The average Bonchev–Trinajstić information content (AvgIpc) is 2.13.